The van der Waals surface area contributed by atoms with Gasteiger partial charge in [0.2, 0.25) is 0 Å². The van der Waals surface area contributed by atoms with Gasteiger partial charge in [-0.15, -0.1) is 0 Å². The van der Waals surface area contributed by atoms with E-state index in [1.54, 1.807) is 0 Å². The summed E-state index contributed by atoms with van der Waals surface area (Å²) in [6.07, 6.45) is 2.02. The lowest BCUT2D eigenvalue weighted by atomic mass is 10.1. The van der Waals surface area contributed by atoms with E-state index >= 15 is 0 Å². The molecule has 0 unspecified atom stereocenters. The van der Waals surface area contributed by atoms with E-state index < -0.39 is 0 Å². The van der Waals surface area contributed by atoms with Crippen molar-refractivity contribution in [2.45, 2.75) is 12.8 Å². The fourth-order valence-electron chi connectivity index (χ4n) is 1.70. The predicted octanol–water partition coefficient (Wildman–Crippen LogP) is 2.95. The number of anilines is 1. The molecule has 0 radical (unpaired) electrons. The zero-order valence-electron chi connectivity index (χ0n) is 10.3. The van der Waals surface area contributed by atoms with Crippen molar-refractivity contribution in [3.05, 3.63) is 54.1 Å². The average Bonchev–Trinajstić information content (AvgIpc) is 2.41. The molecule has 0 atom stereocenters. The molecule has 0 fully saturated rings. The first-order chi connectivity index (χ1) is 8.78. The van der Waals surface area contributed by atoms with Gasteiger partial charge >= 0.3 is 0 Å². The standard InChI is InChI=1S/C15H18N2O/c16-11-1-2-12-3-7-14(8-4-12)18-15-9-5-13(17)6-10-15/h3-10H,1-2,11,16-17H2. The highest BCUT2D eigenvalue weighted by molar-refractivity contribution is 5.43. The van der Waals surface area contributed by atoms with E-state index in [1.807, 2.05) is 36.4 Å². The fraction of sp³-hybridized carbons (Fsp3) is 0.200. The highest BCUT2D eigenvalue weighted by Gasteiger charge is 1.98. The molecular weight excluding hydrogens is 224 g/mol. The smallest absolute Gasteiger partial charge is 0.127 e. The Bertz CT molecular complexity index is 477. The summed E-state index contributed by atoms with van der Waals surface area (Å²) in [5.41, 5.74) is 13.1. The summed E-state index contributed by atoms with van der Waals surface area (Å²) in [5, 5.41) is 0. The summed E-state index contributed by atoms with van der Waals surface area (Å²) in [7, 11) is 0. The predicted molar refractivity (Wildman–Crippen MR) is 74.7 cm³/mol. The molecular formula is C15H18N2O. The number of benzene rings is 2. The molecule has 94 valence electrons. The molecule has 0 heterocycles. The molecule has 2 aromatic carbocycles. The Morgan fingerprint density at radius 3 is 1.94 bits per heavy atom. The lowest BCUT2D eigenvalue weighted by Gasteiger charge is -2.07. The van der Waals surface area contributed by atoms with E-state index in [2.05, 4.69) is 12.1 Å². The molecule has 18 heavy (non-hydrogen) atoms. The van der Waals surface area contributed by atoms with Gasteiger partial charge in [-0.2, -0.15) is 0 Å². The average molecular weight is 242 g/mol. The van der Waals surface area contributed by atoms with Gasteiger partial charge in [-0.25, -0.2) is 0 Å². The van der Waals surface area contributed by atoms with E-state index in [4.69, 9.17) is 16.2 Å². The molecule has 4 N–H and O–H groups in total. The van der Waals surface area contributed by atoms with Crippen molar-refractivity contribution in [3.8, 4) is 11.5 Å². The zero-order chi connectivity index (χ0) is 12.8. The third kappa shape index (κ3) is 3.50. The van der Waals surface area contributed by atoms with Gasteiger partial charge in [0.05, 0.1) is 0 Å². The molecule has 0 bridgehead atoms. The van der Waals surface area contributed by atoms with Crippen molar-refractivity contribution in [1.82, 2.24) is 0 Å². The van der Waals surface area contributed by atoms with Gasteiger partial charge in [0.25, 0.3) is 0 Å². The maximum atomic E-state index is 5.71. The Balaban J connectivity index is 1.99. The quantitative estimate of drug-likeness (QED) is 0.792. The van der Waals surface area contributed by atoms with Crippen molar-refractivity contribution in [2.75, 3.05) is 12.3 Å². The van der Waals surface area contributed by atoms with Crippen LogP contribution in [-0.2, 0) is 6.42 Å². The second-order valence-corrected chi connectivity index (χ2v) is 4.21. The minimum Gasteiger partial charge on any atom is -0.457 e. The van der Waals surface area contributed by atoms with Crippen LogP contribution in [0.25, 0.3) is 0 Å². The second kappa shape index (κ2) is 6.07. The molecule has 0 spiro atoms. The lowest BCUT2D eigenvalue weighted by molar-refractivity contribution is 0.482. The van der Waals surface area contributed by atoms with Crippen molar-refractivity contribution in [2.24, 2.45) is 5.73 Å². The molecule has 0 saturated carbocycles. The molecule has 0 aromatic heterocycles. The number of nitrogen functional groups attached to an aromatic ring is 1. The van der Waals surface area contributed by atoms with E-state index in [1.165, 1.54) is 5.56 Å². The van der Waals surface area contributed by atoms with Crippen LogP contribution in [0.2, 0.25) is 0 Å². The molecule has 3 heteroatoms. The Kier molecular flexibility index (Phi) is 4.20. The Hall–Kier alpha value is -2.00. The minimum absolute atomic E-state index is 0.726. The molecule has 3 nitrogen and oxygen atoms in total. The zero-order valence-corrected chi connectivity index (χ0v) is 10.3. The maximum Gasteiger partial charge on any atom is 0.127 e. The maximum absolute atomic E-state index is 5.71. The number of hydrogen-bond acceptors (Lipinski definition) is 3. The fourth-order valence-corrected chi connectivity index (χ4v) is 1.70. The highest BCUT2D eigenvalue weighted by Crippen LogP contribution is 2.22. The first-order valence-electron chi connectivity index (χ1n) is 6.10. The van der Waals surface area contributed by atoms with E-state index in [-0.39, 0.29) is 0 Å². The lowest BCUT2D eigenvalue weighted by Crippen LogP contribution is -2.00. The summed E-state index contributed by atoms with van der Waals surface area (Å²) in [4.78, 5) is 0. The van der Waals surface area contributed by atoms with Crippen LogP contribution in [0.1, 0.15) is 12.0 Å². The SMILES string of the molecule is NCCCc1ccc(Oc2ccc(N)cc2)cc1. The summed E-state index contributed by atoms with van der Waals surface area (Å²) in [5.74, 6) is 1.62. The van der Waals surface area contributed by atoms with E-state index in [9.17, 15) is 0 Å². The molecule has 0 saturated heterocycles. The Labute approximate surface area is 107 Å². The normalized spacial score (nSPS) is 10.3. The number of ether oxygens (including phenoxy) is 1. The van der Waals surface area contributed by atoms with Crippen LogP contribution in [0.3, 0.4) is 0 Å². The third-order valence-electron chi connectivity index (χ3n) is 2.71. The minimum atomic E-state index is 0.726. The van der Waals surface area contributed by atoms with Crippen LogP contribution < -0.4 is 16.2 Å². The Morgan fingerprint density at radius 2 is 1.39 bits per heavy atom. The van der Waals surface area contributed by atoms with Crippen molar-refractivity contribution in [3.63, 3.8) is 0 Å². The Morgan fingerprint density at radius 1 is 0.833 bits per heavy atom. The monoisotopic (exact) mass is 242 g/mol. The van der Waals surface area contributed by atoms with Gasteiger partial charge in [0, 0.05) is 5.69 Å². The number of hydrogen-bond donors (Lipinski definition) is 2. The molecule has 0 aliphatic rings. The van der Waals surface area contributed by atoms with Gasteiger partial charge in [-0.1, -0.05) is 12.1 Å². The van der Waals surface area contributed by atoms with Gasteiger partial charge in [0.15, 0.2) is 0 Å². The van der Waals surface area contributed by atoms with Crippen LogP contribution >= 0.6 is 0 Å². The van der Waals surface area contributed by atoms with E-state index in [0.29, 0.717) is 0 Å². The second-order valence-electron chi connectivity index (χ2n) is 4.21. The summed E-state index contributed by atoms with van der Waals surface area (Å²) >= 11 is 0. The number of aryl methyl sites for hydroxylation is 1. The highest BCUT2D eigenvalue weighted by atomic mass is 16.5. The number of nitrogens with two attached hydrogens (primary N) is 2. The molecule has 2 rings (SSSR count). The van der Waals surface area contributed by atoms with Crippen molar-refractivity contribution in [1.29, 1.82) is 0 Å². The van der Waals surface area contributed by atoms with Gasteiger partial charge in [-0.3, -0.25) is 0 Å². The van der Waals surface area contributed by atoms with Gasteiger partial charge in [-0.05, 0) is 61.3 Å². The van der Waals surface area contributed by atoms with Crippen molar-refractivity contribution >= 4 is 5.69 Å². The molecule has 0 amide bonds. The van der Waals surface area contributed by atoms with Crippen molar-refractivity contribution < 1.29 is 4.74 Å². The topological polar surface area (TPSA) is 61.3 Å². The van der Waals surface area contributed by atoms with Gasteiger partial charge < -0.3 is 16.2 Å². The first-order valence-corrected chi connectivity index (χ1v) is 6.10. The largest absolute Gasteiger partial charge is 0.457 e. The molecule has 2 aromatic rings. The third-order valence-corrected chi connectivity index (χ3v) is 2.71. The summed E-state index contributed by atoms with van der Waals surface area (Å²) in [6, 6.07) is 15.5. The molecule has 0 aliphatic heterocycles. The van der Waals surface area contributed by atoms with Crippen LogP contribution in [0.4, 0.5) is 5.69 Å². The van der Waals surface area contributed by atoms with Crippen LogP contribution in [0.15, 0.2) is 48.5 Å². The van der Waals surface area contributed by atoms with Crippen LogP contribution in [-0.4, -0.2) is 6.54 Å². The first kappa shape index (κ1) is 12.5. The van der Waals surface area contributed by atoms with E-state index in [0.717, 1.165) is 36.6 Å². The number of rotatable bonds is 5. The van der Waals surface area contributed by atoms with Crippen LogP contribution in [0.5, 0.6) is 11.5 Å². The summed E-state index contributed by atoms with van der Waals surface area (Å²) < 4.78 is 5.71. The molecule has 0 aliphatic carbocycles. The summed E-state index contributed by atoms with van der Waals surface area (Å²) in [6.45, 7) is 0.726. The van der Waals surface area contributed by atoms with Crippen LogP contribution in [0, 0.1) is 0 Å². The van der Waals surface area contributed by atoms with Gasteiger partial charge in [0.1, 0.15) is 11.5 Å².